The van der Waals surface area contributed by atoms with E-state index in [0.29, 0.717) is 15.7 Å². The van der Waals surface area contributed by atoms with Crippen LogP contribution >= 0.6 is 23.2 Å². The van der Waals surface area contributed by atoms with Crippen LogP contribution in [-0.2, 0) is 4.79 Å². The average molecular weight is 330 g/mol. The van der Waals surface area contributed by atoms with E-state index in [1.54, 1.807) is 18.2 Å². The van der Waals surface area contributed by atoms with Gasteiger partial charge in [0.1, 0.15) is 0 Å². The van der Waals surface area contributed by atoms with Crippen molar-refractivity contribution < 1.29 is 4.79 Å². The number of carbonyl (C=O) groups excluding carboxylic acids is 1. The predicted molar refractivity (Wildman–Crippen MR) is 88.2 cm³/mol. The number of rotatable bonds is 4. The number of hydrogen-bond acceptors (Lipinski definition) is 3. The summed E-state index contributed by atoms with van der Waals surface area (Å²) in [5.41, 5.74) is 0.563. The highest BCUT2D eigenvalue weighted by Gasteiger charge is 2.25. The normalized spacial score (nSPS) is 18.5. The van der Waals surface area contributed by atoms with Crippen LogP contribution in [0.15, 0.2) is 18.2 Å². The smallest absolute Gasteiger partial charge is 0.241 e. The number of benzene rings is 1. The molecule has 0 radical (unpaired) electrons. The second kappa shape index (κ2) is 7.45. The van der Waals surface area contributed by atoms with Crippen LogP contribution in [0.25, 0.3) is 0 Å². The fraction of sp³-hybridized carbons (Fsp3) is 0.533. The van der Waals surface area contributed by atoms with Gasteiger partial charge in [-0.2, -0.15) is 0 Å². The van der Waals surface area contributed by atoms with Crippen LogP contribution < -0.4 is 5.32 Å². The SMILES string of the molecule is CCN1CCN(C(C)C(=O)Nc2cccc(Cl)c2Cl)CC1. The zero-order chi connectivity index (χ0) is 15.4. The van der Waals surface area contributed by atoms with E-state index in [-0.39, 0.29) is 11.9 Å². The van der Waals surface area contributed by atoms with Gasteiger partial charge < -0.3 is 10.2 Å². The van der Waals surface area contributed by atoms with Crippen molar-refractivity contribution >= 4 is 34.8 Å². The number of nitrogens with zero attached hydrogens (tertiary/aromatic N) is 2. The number of carbonyl (C=O) groups is 1. The Labute approximate surface area is 136 Å². The number of amides is 1. The first-order chi connectivity index (χ1) is 10.0. The summed E-state index contributed by atoms with van der Waals surface area (Å²) in [5, 5.41) is 3.69. The lowest BCUT2D eigenvalue weighted by molar-refractivity contribution is -0.121. The number of likely N-dealkylation sites (N-methyl/N-ethyl adjacent to an activating group) is 1. The minimum atomic E-state index is -0.181. The molecular formula is C15H21Cl2N3O. The van der Waals surface area contributed by atoms with Crippen molar-refractivity contribution in [3.63, 3.8) is 0 Å². The van der Waals surface area contributed by atoms with Crippen LogP contribution in [0.2, 0.25) is 10.0 Å². The third-order valence-corrected chi connectivity index (χ3v) is 4.81. The van der Waals surface area contributed by atoms with E-state index in [2.05, 4.69) is 22.0 Å². The number of hydrogen-bond donors (Lipinski definition) is 1. The molecule has 0 saturated carbocycles. The molecule has 1 atom stereocenters. The standard InChI is InChI=1S/C15H21Cl2N3O/c1-3-19-7-9-20(10-8-19)11(2)15(21)18-13-6-4-5-12(16)14(13)17/h4-6,11H,3,7-10H2,1-2H3,(H,18,21). The fourth-order valence-corrected chi connectivity index (χ4v) is 2.82. The molecule has 21 heavy (non-hydrogen) atoms. The van der Waals surface area contributed by atoms with E-state index in [0.717, 1.165) is 32.7 Å². The summed E-state index contributed by atoms with van der Waals surface area (Å²) in [7, 11) is 0. The predicted octanol–water partition coefficient (Wildman–Crippen LogP) is 2.96. The minimum absolute atomic E-state index is 0.0517. The summed E-state index contributed by atoms with van der Waals surface area (Å²) in [6.07, 6.45) is 0. The van der Waals surface area contributed by atoms with E-state index >= 15 is 0 Å². The van der Waals surface area contributed by atoms with Crippen molar-refractivity contribution in [3.05, 3.63) is 28.2 Å². The molecule has 0 spiro atoms. The van der Waals surface area contributed by atoms with Crippen LogP contribution in [0.5, 0.6) is 0 Å². The van der Waals surface area contributed by atoms with Crippen molar-refractivity contribution in [1.82, 2.24) is 9.80 Å². The summed E-state index contributed by atoms with van der Waals surface area (Å²) >= 11 is 12.1. The number of piperazine rings is 1. The van der Waals surface area contributed by atoms with Gasteiger partial charge >= 0.3 is 0 Å². The number of nitrogens with one attached hydrogen (secondary N) is 1. The lowest BCUT2D eigenvalue weighted by Gasteiger charge is -2.36. The molecule has 6 heteroatoms. The maximum atomic E-state index is 12.4. The lowest BCUT2D eigenvalue weighted by atomic mass is 10.2. The van der Waals surface area contributed by atoms with E-state index in [1.165, 1.54) is 0 Å². The van der Waals surface area contributed by atoms with Gasteiger partial charge in [-0.15, -0.1) is 0 Å². The molecule has 1 aliphatic heterocycles. The van der Waals surface area contributed by atoms with Crippen molar-refractivity contribution in [2.24, 2.45) is 0 Å². The van der Waals surface area contributed by atoms with Gasteiger partial charge in [-0.05, 0) is 25.6 Å². The molecule has 1 aromatic rings. The number of halogens is 2. The molecular weight excluding hydrogens is 309 g/mol. The Kier molecular flexibility index (Phi) is 5.88. The van der Waals surface area contributed by atoms with Gasteiger partial charge in [0.15, 0.2) is 0 Å². The van der Waals surface area contributed by atoms with Gasteiger partial charge in [0.2, 0.25) is 5.91 Å². The van der Waals surface area contributed by atoms with Gasteiger partial charge in [-0.3, -0.25) is 9.69 Å². The summed E-state index contributed by atoms with van der Waals surface area (Å²) < 4.78 is 0. The summed E-state index contributed by atoms with van der Waals surface area (Å²) in [4.78, 5) is 16.9. The lowest BCUT2D eigenvalue weighted by Crippen LogP contribution is -2.52. The van der Waals surface area contributed by atoms with E-state index < -0.39 is 0 Å². The molecule has 1 aromatic carbocycles. The molecule has 1 aliphatic rings. The first-order valence-electron chi connectivity index (χ1n) is 7.24. The van der Waals surface area contributed by atoms with Crippen molar-refractivity contribution in [3.8, 4) is 0 Å². The maximum Gasteiger partial charge on any atom is 0.241 e. The quantitative estimate of drug-likeness (QED) is 0.922. The highest BCUT2D eigenvalue weighted by molar-refractivity contribution is 6.44. The molecule has 1 amide bonds. The molecule has 2 rings (SSSR count). The first-order valence-corrected chi connectivity index (χ1v) is 7.99. The summed E-state index contributed by atoms with van der Waals surface area (Å²) in [6, 6.07) is 5.05. The summed E-state index contributed by atoms with van der Waals surface area (Å²) in [5.74, 6) is -0.0517. The molecule has 116 valence electrons. The van der Waals surface area contributed by atoms with E-state index in [9.17, 15) is 4.79 Å². The Bertz CT molecular complexity index is 502. The average Bonchev–Trinajstić information content (AvgIpc) is 2.51. The zero-order valence-corrected chi connectivity index (χ0v) is 13.9. The Morgan fingerprint density at radius 1 is 1.29 bits per heavy atom. The molecule has 1 heterocycles. The Balaban J connectivity index is 1.95. The van der Waals surface area contributed by atoms with Crippen molar-refractivity contribution in [1.29, 1.82) is 0 Å². The van der Waals surface area contributed by atoms with E-state index in [1.807, 2.05) is 6.92 Å². The van der Waals surface area contributed by atoms with Gasteiger partial charge in [-0.1, -0.05) is 36.2 Å². The van der Waals surface area contributed by atoms with Crippen LogP contribution in [0.3, 0.4) is 0 Å². The molecule has 0 aromatic heterocycles. The first kappa shape index (κ1) is 16.6. The molecule has 1 saturated heterocycles. The van der Waals surface area contributed by atoms with Crippen LogP contribution in [0.4, 0.5) is 5.69 Å². The Morgan fingerprint density at radius 2 is 1.95 bits per heavy atom. The molecule has 1 fully saturated rings. The highest BCUT2D eigenvalue weighted by atomic mass is 35.5. The molecule has 0 aliphatic carbocycles. The minimum Gasteiger partial charge on any atom is -0.323 e. The van der Waals surface area contributed by atoms with E-state index in [4.69, 9.17) is 23.2 Å². The number of anilines is 1. The second-order valence-corrected chi connectivity index (χ2v) is 6.02. The monoisotopic (exact) mass is 329 g/mol. The van der Waals surface area contributed by atoms with Gasteiger partial charge in [-0.25, -0.2) is 0 Å². The van der Waals surface area contributed by atoms with Gasteiger partial charge in [0.05, 0.1) is 21.8 Å². The maximum absolute atomic E-state index is 12.4. The molecule has 1 N–H and O–H groups in total. The van der Waals surface area contributed by atoms with Crippen LogP contribution in [-0.4, -0.2) is 54.5 Å². The van der Waals surface area contributed by atoms with Crippen LogP contribution in [0.1, 0.15) is 13.8 Å². The van der Waals surface area contributed by atoms with Gasteiger partial charge in [0, 0.05) is 26.2 Å². The Hall–Kier alpha value is -0.810. The fourth-order valence-electron chi connectivity index (χ4n) is 2.47. The van der Waals surface area contributed by atoms with Crippen LogP contribution in [0, 0.1) is 0 Å². The van der Waals surface area contributed by atoms with Gasteiger partial charge in [0.25, 0.3) is 0 Å². The van der Waals surface area contributed by atoms with Crippen molar-refractivity contribution in [2.45, 2.75) is 19.9 Å². The third-order valence-electron chi connectivity index (χ3n) is 3.99. The molecule has 0 bridgehead atoms. The zero-order valence-electron chi connectivity index (χ0n) is 12.4. The topological polar surface area (TPSA) is 35.6 Å². The highest BCUT2D eigenvalue weighted by Crippen LogP contribution is 2.29. The largest absolute Gasteiger partial charge is 0.323 e. The third kappa shape index (κ3) is 4.10. The van der Waals surface area contributed by atoms with Crippen molar-refractivity contribution in [2.75, 3.05) is 38.0 Å². The second-order valence-electron chi connectivity index (χ2n) is 5.24. The summed E-state index contributed by atoms with van der Waals surface area (Å²) in [6.45, 7) is 8.98. The molecule has 1 unspecified atom stereocenters. The molecule has 4 nitrogen and oxygen atoms in total. The Morgan fingerprint density at radius 3 is 2.57 bits per heavy atom.